The number of nitriles is 1. The van der Waals surface area contributed by atoms with Crippen molar-refractivity contribution in [1.29, 1.82) is 5.26 Å². The second-order valence-corrected chi connectivity index (χ2v) is 7.02. The maximum Gasteiger partial charge on any atom is 0.416 e. The van der Waals surface area contributed by atoms with E-state index in [1.807, 2.05) is 24.3 Å². The molecule has 0 spiro atoms. The van der Waals surface area contributed by atoms with Gasteiger partial charge in [0.05, 0.1) is 17.1 Å². The van der Waals surface area contributed by atoms with Crippen LogP contribution in [0.1, 0.15) is 26.4 Å². The first-order valence-corrected chi connectivity index (χ1v) is 9.22. The van der Waals surface area contributed by atoms with E-state index in [1.54, 1.807) is 25.2 Å². The summed E-state index contributed by atoms with van der Waals surface area (Å²) in [5, 5.41) is 16.0. The molecule has 4 rings (SSSR count). The Morgan fingerprint density at radius 1 is 1.00 bits per heavy atom. The van der Waals surface area contributed by atoms with E-state index in [-0.39, 0.29) is 11.3 Å². The third-order valence-electron chi connectivity index (χ3n) is 5.09. The van der Waals surface area contributed by atoms with Gasteiger partial charge in [-0.2, -0.15) is 23.5 Å². The van der Waals surface area contributed by atoms with E-state index < -0.39 is 29.2 Å². The minimum atomic E-state index is -4.65. The standard InChI is InChI=1S/C23H14F3N3O2/c1-29-20-16-8-3-2-5-13(16)9-10-17(20)19(28-29)22(31)18(12-27)21(30)14-6-4-7-15(11-14)23(24,25)26/h2-11,18H,1H3. The molecular formula is C23H14F3N3O2. The van der Waals surface area contributed by atoms with Crippen LogP contribution in [0.2, 0.25) is 0 Å². The Morgan fingerprint density at radius 2 is 1.74 bits per heavy atom. The summed E-state index contributed by atoms with van der Waals surface area (Å²) in [4.78, 5) is 25.9. The van der Waals surface area contributed by atoms with Crippen LogP contribution in [-0.4, -0.2) is 21.3 Å². The number of benzene rings is 3. The summed E-state index contributed by atoms with van der Waals surface area (Å²) >= 11 is 0. The molecule has 0 aliphatic heterocycles. The van der Waals surface area contributed by atoms with Gasteiger partial charge in [-0.3, -0.25) is 14.3 Å². The quantitative estimate of drug-likeness (QED) is 0.345. The Hall–Kier alpha value is -3.99. The number of ketones is 2. The molecule has 0 aliphatic rings. The van der Waals surface area contributed by atoms with E-state index in [0.717, 1.165) is 29.0 Å². The summed E-state index contributed by atoms with van der Waals surface area (Å²) in [6, 6.07) is 16.3. The van der Waals surface area contributed by atoms with Crippen LogP contribution >= 0.6 is 0 Å². The van der Waals surface area contributed by atoms with Crippen LogP contribution in [0, 0.1) is 17.2 Å². The highest BCUT2D eigenvalue weighted by Gasteiger charge is 2.35. The Balaban J connectivity index is 1.78. The third-order valence-corrected chi connectivity index (χ3v) is 5.09. The van der Waals surface area contributed by atoms with Crippen LogP contribution < -0.4 is 0 Å². The topological polar surface area (TPSA) is 75.8 Å². The third kappa shape index (κ3) is 3.44. The number of alkyl halides is 3. The van der Waals surface area contributed by atoms with Crippen molar-refractivity contribution in [1.82, 2.24) is 9.78 Å². The Bertz CT molecular complexity index is 1400. The van der Waals surface area contributed by atoms with E-state index >= 15 is 0 Å². The molecule has 154 valence electrons. The number of aromatic nitrogens is 2. The lowest BCUT2D eigenvalue weighted by molar-refractivity contribution is -0.137. The van der Waals surface area contributed by atoms with Crippen LogP contribution in [0.5, 0.6) is 0 Å². The molecule has 0 amide bonds. The number of fused-ring (bicyclic) bond motifs is 3. The number of hydrogen-bond donors (Lipinski definition) is 0. The van der Waals surface area contributed by atoms with Crippen molar-refractivity contribution in [2.24, 2.45) is 13.0 Å². The summed E-state index contributed by atoms with van der Waals surface area (Å²) in [6.07, 6.45) is -4.65. The van der Waals surface area contributed by atoms with Gasteiger partial charge in [-0.1, -0.05) is 42.5 Å². The van der Waals surface area contributed by atoms with E-state index in [2.05, 4.69) is 5.10 Å². The zero-order valence-corrected chi connectivity index (χ0v) is 16.1. The molecule has 4 aromatic rings. The first kappa shape index (κ1) is 20.3. The van der Waals surface area contributed by atoms with Crippen LogP contribution in [0.4, 0.5) is 13.2 Å². The highest BCUT2D eigenvalue weighted by Crippen LogP contribution is 2.31. The van der Waals surface area contributed by atoms with Crippen LogP contribution in [0.25, 0.3) is 21.7 Å². The molecule has 1 heterocycles. The SMILES string of the molecule is Cn1nc(C(=O)C(C#N)C(=O)c2cccc(C(F)(F)F)c2)c2ccc3ccccc3c21. The molecule has 1 unspecified atom stereocenters. The minimum absolute atomic E-state index is 0.0740. The van der Waals surface area contributed by atoms with E-state index in [4.69, 9.17) is 0 Å². The molecular weight excluding hydrogens is 407 g/mol. The second-order valence-electron chi connectivity index (χ2n) is 7.02. The van der Waals surface area contributed by atoms with Crippen LogP contribution in [-0.2, 0) is 13.2 Å². The van der Waals surface area contributed by atoms with Gasteiger partial charge in [0.2, 0.25) is 5.78 Å². The molecule has 0 saturated heterocycles. The van der Waals surface area contributed by atoms with Gasteiger partial charge in [0, 0.05) is 23.4 Å². The lowest BCUT2D eigenvalue weighted by Crippen LogP contribution is -2.24. The summed E-state index contributed by atoms with van der Waals surface area (Å²) < 4.78 is 40.5. The number of nitrogens with zero attached hydrogens (tertiary/aromatic N) is 3. The van der Waals surface area contributed by atoms with Gasteiger partial charge >= 0.3 is 6.18 Å². The van der Waals surface area contributed by atoms with Crippen molar-refractivity contribution in [3.8, 4) is 6.07 Å². The normalized spacial score (nSPS) is 12.6. The van der Waals surface area contributed by atoms with Crippen molar-refractivity contribution in [3.05, 3.63) is 77.5 Å². The monoisotopic (exact) mass is 421 g/mol. The molecule has 8 heteroatoms. The first-order valence-electron chi connectivity index (χ1n) is 9.22. The van der Waals surface area contributed by atoms with Gasteiger partial charge < -0.3 is 0 Å². The van der Waals surface area contributed by atoms with Crippen molar-refractivity contribution in [2.75, 3.05) is 0 Å². The van der Waals surface area contributed by atoms with Crippen molar-refractivity contribution < 1.29 is 22.8 Å². The van der Waals surface area contributed by atoms with Gasteiger partial charge in [-0.05, 0) is 23.6 Å². The van der Waals surface area contributed by atoms with E-state index in [0.29, 0.717) is 17.0 Å². The zero-order chi connectivity index (χ0) is 22.3. The molecule has 0 aliphatic carbocycles. The molecule has 31 heavy (non-hydrogen) atoms. The molecule has 1 aromatic heterocycles. The smallest absolute Gasteiger partial charge is 0.292 e. The molecule has 0 N–H and O–H groups in total. The van der Waals surface area contributed by atoms with Crippen molar-refractivity contribution in [3.63, 3.8) is 0 Å². The fraction of sp³-hybridized carbons (Fsp3) is 0.130. The molecule has 1 atom stereocenters. The summed E-state index contributed by atoms with van der Waals surface area (Å²) in [5.41, 5.74) is -0.808. The summed E-state index contributed by atoms with van der Waals surface area (Å²) in [5.74, 6) is -3.67. The van der Waals surface area contributed by atoms with E-state index in [9.17, 15) is 28.0 Å². The number of rotatable bonds is 4. The number of hydrogen-bond acceptors (Lipinski definition) is 4. The van der Waals surface area contributed by atoms with Gasteiger partial charge in [-0.15, -0.1) is 0 Å². The maximum atomic E-state index is 13.1. The Kier molecular flexibility index (Phi) is 4.82. The average molecular weight is 421 g/mol. The summed E-state index contributed by atoms with van der Waals surface area (Å²) in [6.45, 7) is 0. The largest absolute Gasteiger partial charge is 0.416 e. The summed E-state index contributed by atoms with van der Waals surface area (Å²) in [7, 11) is 1.64. The van der Waals surface area contributed by atoms with Crippen molar-refractivity contribution >= 4 is 33.2 Å². The van der Waals surface area contributed by atoms with Gasteiger partial charge in [0.25, 0.3) is 0 Å². The fourth-order valence-electron chi connectivity index (χ4n) is 3.62. The lowest BCUT2D eigenvalue weighted by atomic mass is 9.91. The first-order chi connectivity index (χ1) is 14.7. The minimum Gasteiger partial charge on any atom is -0.292 e. The Labute approximate surface area is 174 Å². The van der Waals surface area contributed by atoms with Gasteiger partial charge in [-0.25, -0.2) is 0 Å². The second kappa shape index (κ2) is 7.36. The molecule has 3 aromatic carbocycles. The number of carbonyl (C=O) groups excluding carboxylic acids is 2. The number of carbonyl (C=O) groups is 2. The average Bonchev–Trinajstić information content (AvgIpc) is 3.10. The predicted octanol–water partition coefficient (Wildman–Crippen LogP) is 4.95. The van der Waals surface area contributed by atoms with E-state index in [1.165, 1.54) is 4.68 Å². The Morgan fingerprint density at radius 3 is 2.45 bits per heavy atom. The fourth-order valence-corrected chi connectivity index (χ4v) is 3.62. The molecule has 0 fully saturated rings. The molecule has 0 bridgehead atoms. The van der Waals surface area contributed by atoms with Gasteiger partial charge in [0.15, 0.2) is 11.7 Å². The highest BCUT2D eigenvalue weighted by molar-refractivity contribution is 6.22. The molecule has 5 nitrogen and oxygen atoms in total. The lowest BCUT2D eigenvalue weighted by Gasteiger charge is -2.10. The van der Waals surface area contributed by atoms with Crippen LogP contribution in [0.15, 0.2) is 60.7 Å². The highest BCUT2D eigenvalue weighted by atomic mass is 19.4. The predicted molar refractivity (Wildman–Crippen MR) is 107 cm³/mol. The maximum absolute atomic E-state index is 13.1. The molecule has 0 radical (unpaired) electrons. The zero-order valence-electron chi connectivity index (χ0n) is 16.1. The molecule has 0 saturated carbocycles. The number of halogens is 3. The van der Waals surface area contributed by atoms with Crippen molar-refractivity contribution in [2.45, 2.75) is 6.18 Å². The van der Waals surface area contributed by atoms with Crippen LogP contribution in [0.3, 0.4) is 0 Å². The number of aryl methyl sites for hydroxylation is 1. The number of Topliss-reactive ketones (excluding diaryl/α,β-unsaturated/α-hetero) is 2. The van der Waals surface area contributed by atoms with Gasteiger partial charge in [0.1, 0.15) is 5.69 Å².